The second kappa shape index (κ2) is 10.7. The zero-order chi connectivity index (χ0) is 24.8. The Kier molecular flexibility index (Phi) is 7.26. The molecule has 1 heterocycles. The van der Waals surface area contributed by atoms with E-state index in [1.54, 1.807) is 48.5 Å². The van der Waals surface area contributed by atoms with Crippen molar-refractivity contribution >= 4 is 29.6 Å². The normalized spacial score (nSPS) is 14.7. The molecule has 1 N–H and O–H groups in total. The largest absolute Gasteiger partial charge is 0.494 e. The standard InChI is InChI=1S/C28H26N2O5/c1-3-16-34-23-12-8-20(9-13-23)17-25-26(31)29-28(33)30(27(25)32)22-10-14-24(15-11-22)35-18-21-6-4-19(2)5-7-21/h4-15,17H,3,16,18H2,1-2H3,(H,29,31,33)/b25-17+. The van der Waals surface area contributed by atoms with Crippen LogP contribution in [-0.2, 0) is 16.2 Å². The SMILES string of the molecule is CCCOc1ccc(/C=C2\C(=O)NC(=O)N(c3ccc(OCc4ccc(C)cc4)cc3)C2=O)cc1. The van der Waals surface area contributed by atoms with Crippen molar-refractivity contribution in [1.29, 1.82) is 0 Å². The average Bonchev–Trinajstić information content (AvgIpc) is 2.86. The number of urea groups is 1. The number of rotatable bonds is 8. The van der Waals surface area contributed by atoms with Gasteiger partial charge in [0.2, 0.25) is 0 Å². The number of hydrogen-bond acceptors (Lipinski definition) is 5. The Balaban J connectivity index is 1.48. The van der Waals surface area contributed by atoms with E-state index in [4.69, 9.17) is 9.47 Å². The molecular weight excluding hydrogens is 444 g/mol. The number of nitrogens with one attached hydrogen (secondary N) is 1. The van der Waals surface area contributed by atoms with E-state index in [0.717, 1.165) is 16.9 Å². The molecule has 3 aromatic rings. The first-order chi connectivity index (χ1) is 16.9. The monoisotopic (exact) mass is 470 g/mol. The molecule has 1 aliphatic rings. The number of carbonyl (C=O) groups excluding carboxylic acids is 3. The Morgan fingerprint density at radius 2 is 1.46 bits per heavy atom. The summed E-state index contributed by atoms with van der Waals surface area (Å²) in [7, 11) is 0. The van der Waals surface area contributed by atoms with Gasteiger partial charge in [-0.3, -0.25) is 14.9 Å². The minimum absolute atomic E-state index is 0.133. The Morgan fingerprint density at radius 1 is 0.829 bits per heavy atom. The molecule has 0 atom stereocenters. The van der Waals surface area contributed by atoms with Gasteiger partial charge in [-0.15, -0.1) is 0 Å². The summed E-state index contributed by atoms with van der Waals surface area (Å²) in [5.74, 6) is -0.134. The molecule has 3 aromatic carbocycles. The van der Waals surface area contributed by atoms with E-state index in [1.165, 1.54) is 11.6 Å². The number of amides is 4. The lowest BCUT2D eigenvalue weighted by Gasteiger charge is -2.26. The number of carbonyl (C=O) groups is 3. The summed E-state index contributed by atoms with van der Waals surface area (Å²) in [5, 5.41) is 2.24. The Morgan fingerprint density at radius 3 is 2.11 bits per heavy atom. The number of benzene rings is 3. The molecule has 0 saturated carbocycles. The van der Waals surface area contributed by atoms with Crippen LogP contribution in [0.15, 0.2) is 78.4 Å². The van der Waals surface area contributed by atoms with E-state index in [-0.39, 0.29) is 5.57 Å². The van der Waals surface area contributed by atoms with Crippen molar-refractivity contribution in [2.75, 3.05) is 11.5 Å². The van der Waals surface area contributed by atoms with Crippen molar-refractivity contribution in [3.8, 4) is 11.5 Å². The molecule has 0 unspecified atom stereocenters. The minimum Gasteiger partial charge on any atom is -0.494 e. The number of anilines is 1. The highest BCUT2D eigenvalue weighted by Gasteiger charge is 2.36. The van der Waals surface area contributed by atoms with Gasteiger partial charge in [0, 0.05) is 0 Å². The number of imide groups is 2. The summed E-state index contributed by atoms with van der Waals surface area (Å²) in [6, 6.07) is 20.8. The van der Waals surface area contributed by atoms with E-state index < -0.39 is 17.8 Å². The van der Waals surface area contributed by atoms with E-state index in [0.29, 0.717) is 36.0 Å². The van der Waals surface area contributed by atoms with Crippen molar-refractivity contribution < 1.29 is 23.9 Å². The zero-order valence-corrected chi connectivity index (χ0v) is 19.6. The maximum atomic E-state index is 13.1. The Hall–Kier alpha value is -4.39. The van der Waals surface area contributed by atoms with Gasteiger partial charge in [0.25, 0.3) is 11.8 Å². The summed E-state index contributed by atoms with van der Waals surface area (Å²) >= 11 is 0. The van der Waals surface area contributed by atoms with Crippen LogP contribution in [0.2, 0.25) is 0 Å². The van der Waals surface area contributed by atoms with E-state index in [9.17, 15) is 14.4 Å². The Bertz CT molecular complexity index is 1250. The highest BCUT2D eigenvalue weighted by Crippen LogP contribution is 2.25. The third-order valence-corrected chi connectivity index (χ3v) is 5.39. The van der Waals surface area contributed by atoms with Crippen LogP contribution in [-0.4, -0.2) is 24.5 Å². The lowest BCUT2D eigenvalue weighted by atomic mass is 10.1. The van der Waals surface area contributed by atoms with Gasteiger partial charge in [-0.2, -0.15) is 0 Å². The van der Waals surface area contributed by atoms with Gasteiger partial charge in [-0.1, -0.05) is 48.9 Å². The molecule has 4 amide bonds. The molecule has 35 heavy (non-hydrogen) atoms. The lowest BCUT2D eigenvalue weighted by Crippen LogP contribution is -2.54. The third-order valence-electron chi connectivity index (χ3n) is 5.39. The van der Waals surface area contributed by atoms with Crippen molar-refractivity contribution in [3.63, 3.8) is 0 Å². The lowest BCUT2D eigenvalue weighted by molar-refractivity contribution is -0.122. The summed E-state index contributed by atoms with van der Waals surface area (Å²) in [4.78, 5) is 38.9. The number of barbiturate groups is 1. The van der Waals surface area contributed by atoms with Crippen LogP contribution in [0.25, 0.3) is 6.08 Å². The molecule has 0 aliphatic carbocycles. The first-order valence-corrected chi connectivity index (χ1v) is 11.4. The third kappa shape index (κ3) is 5.76. The molecule has 7 heteroatoms. The van der Waals surface area contributed by atoms with E-state index >= 15 is 0 Å². The zero-order valence-electron chi connectivity index (χ0n) is 19.6. The van der Waals surface area contributed by atoms with Crippen LogP contribution in [0.1, 0.15) is 30.0 Å². The molecular formula is C28H26N2O5. The molecule has 178 valence electrons. The smallest absolute Gasteiger partial charge is 0.335 e. The first-order valence-electron chi connectivity index (χ1n) is 11.4. The average molecular weight is 471 g/mol. The van der Waals surface area contributed by atoms with Gasteiger partial charge in [-0.25, -0.2) is 9.69 Å². The van der Waals surface area contributed by atoms with Gasteiger partial charge in [-0.05, 0) is 66.9 Å². The van der Waals surface area contributed by atoms with Crippen molar-refractivity contribution in [2.45, 2.75) is 26.9 Å². The quantitative estimate of drug-likeness (QED) is 0.369. The number of nitrogens with zero attached hydrogens (tertiary/aromatic N) is 1. The predicted molar refractivity (Wildman–Crippen MR) is 133 cm³/mol. The van der Waals surface area contributed by atoms with Gasteiger partial charge in [0.15, 0.2) is 0 Å². The van der Waals surface area contributed by atoms with Gasteiger partial charge in [0.05, 0.1) is 12.3 Å². The van der Waals surface area contributed by atoms with Crippen LogP contribution in [0.5, 0.6) is 11.5 Å². The molecule has 7 nitrogen and oxygen atoms in total. The van der Waals surface area contributed by atoms with Crippen LogP contribution in [0, 0.1) is 6.92 Å². The minimum atomic E-state index is -0.797. The fraction of sp³-hybridized carbons (Fsp3) is 0.179. The van der Waals surface area contributed by atoms with Crippen molar-refractivity contribution in [1.82, 2.24) is 5.32 Å². The highest BCUT2D eigenvalue weighted by atomic mass is 16.5. The molecule has 1 saturated heterocycles. The molecule has 1 fully saturated rings. The second-order valence-electron chi connectivity index (χ2n) is 8.14. The maximum Gasteiger partial charge on any atom is 0.335 e. The molecule has 0 spiro atoms. The molecule has 1 aliphatic heterocycles. The van der Waals surface area contributed by atoms with Crippen LogP contribution in [0.3, 0.4) is 0 Å². The van der Waals surface area contributed by atoms with Crippen LogP contribution >= 0.6 is 0 Å². The molecule has 4 rings (SSSR count). The van der Waals surface area contributed by atoms with Crippen LogP contribution < -0.4 is 19.7 Å². The summed E-state index contributed by atoms with van der Waals surface area (Å²) in [6.07, 6.45) is 2.35. The number of ether oxygens (including phenoxy) is 2. The van der Waals surface area contributed by atoms with Gasteiger partial charge < -0.3 is 9.47 Å². The highest BCUT2D eigenvalue weighted by molar-refractivity contribution is 6.39. The van der Waals surface area contributed by atoms with Crippen LogP contribution in [0.4, 0.5) is 10.5 Å². The first kappa shape index (κ1) is 23.8. The molecule has 0 bridgehead atoms. The predicted octanol–water partition coefficient (Wildman–Crippen LogP) is 5.03. The number of aryl methyl sites for hydroxylation is 1. The van der Waals surface area contributed by atoms with Gasteiger partial charge in [0.1, 0.15) is 23.7 Å². The molecule has 0 radical (unpaired) electrons. The summed E-state index contributed by atoms with van der Waals surface area (Å²) in [6.45, 7) is 5.04. The Labute approximate surface area is 204 Å². The van der Waals surface area contributed by atoms with Crippen molar-refractivity contribution in [3.05, 3.63) is 95.1 Å². The maximum absolute atomic E-state index is 13.1. The summed E-state index contributed by atoms with van der Waals surface area (Å²) < 4.78 is 11.4. The van der Waals surface area contributed by atoms with Crippen molar-refractivity contribution in [2.24, 2.45) is 0 Å². The number of hydrogen-bond donors (Lipinski definition) is 1. The van der Waals surface area contributed by atoms with E-state index in [2.05, 4.69) is 5.32 Å². The van der Waals surface area contributed by atoms with Gasteiger partial charge >= 0.3 is 6.03 Å². The topological polar surface area (TPSA) is 84.9 Å². The second-order valence-corrected chi connectivity index (χ2v) is 8.14. The fourth-order valence-corrected chi connectivity index (χ4v) is 3.48. The summed E-state index contributed by atoms with van der Waals surface area (Å²) in [5.41, 5.74) is 3.04. The fourth-order valence-electron chi connectivity index (χ4n) is 3.48. The van der Waals surface area contributed by atoms with E-state index in [1.807, 2.05) is 38.1 Å². The molecule has 0 aromatic heterocycles.